The standard InChI is InChI=1S/C11H9NS/c1-2-5-9-8(4-1)11-10(13-9)6-3-7-12-11/h1-5,7,12H,6H2. The zero-order chi connectivity index (χ0) is 8.67. The molecule has 0 atom stereocenters. The Kier molecular flexibility index (Phi) is 1.43. The highest BCUT2D eigenvalue weighted by Crippen LogP contribution is 2.37. The Morgan fingerprint density at radius 2 is 2.15 bits per heavy atom. The van der Waals surface area contributed by atoms with E-state index in [2.05, 4.69) is 35.7 Å². The van der Waals surface area contributed by atoms with Gasteiger partial charge in [-0.25, -0.2) is 0 Å². The van der Waals surface area contributed by atoms with Gasteiger partial charge in [0.1, 0.15) is 0 Å². The highest BCUT2D eigenvalue weighted by Gasteiger charge is 2.11. The molecule has 0 aliphatic carbocycles. The van der Waals surface area contributed by atoms with Crippen LogP contribution in [0.15, 0.2) is 36.5 Å². The molecular formula is C11H9NS. The number of allylic oxidation sites excluding steroid dienone is 1. The average molecular weight is 187 g/mol. The Balaban J connectivity index is 2.37. The Hall–Kier alpha value is -1.28. The van der Waals surface area contributed by atoms with Crippen LogP contribution in [0.2, 0.25) is 0 Å². The van der Waals surface area contributed by atoms with Gasteiger partial charge in [-0.2, -0.15) is 0 Å². The fourth-order valence-corrected chi connectivity index (χ4v) is 2.85. The van der Waals surface area contributed by atoms with Crippen LogP contribution in [0.1, 0.15) is 4.88 Å². The third kappa shape index (κ3) is 0.988. The van der Waals surface area contributed by atoms with Crippen molar-refractivity contribution < 1.29 is 0 Å². The molecule has 1 aliphatic rings. The van der Waals surface area contributed by atoms with Crippen molar-refractivity contribution in [1.29, 1.82) is 0 Å². The van der Waals surface area contributed by atoms with Gasteiger partial charge in [0.2, 0.25) is 0 Å². The van der Waals surface area contributed by atoms with Crippen LogP contribution >= 0.6 is 11.3 Å². The van der Waals surface area contributed by atoms with Crippen LogP contribution in [0, 0.1) is 0 Å². The van der Waals surface area contributed by atoms with E-state index in [1.807, 2.05) is 17.5 Å². The number of thiophene rings is 1. The minimum absolute atomic E-state index is 1.07. The number of hydrogen-bond acceptors (Lipinski definition) is 2. The molecule has 3 rings (SSSR count). The molecule has 1 aliphatic heterocycles. The molecule has 2 heterocycles. The predicted octanol–water partition coefficient (Wildman–Crippen LogP) is 3.38. The van der Waals surface area contributed by atoms with E-state index in [-0.39, 0.29) is 0 Å². The lowest BCUT2D eigenvalue weighted by Crippen LogP contribution is -1.95. The number of anilines is 1. The summed E-state index contributed by atoms with van der Waals surface area (Å²) in [4.78, 5) is 1.45. The molecule has 0 fully saturated rings. The van der Waals surface area contributed by atoms with Gasteiger partial charge in [-0.1, -0.05) is 24.3 Å². The molecule has 2 aromatic rings. The lowest BCUT2D eigenvalue weighted by molar-refractivity contribution is 1.29. The fourth-order valence-electron chi connectivity index (χ4n) is 1.71. The van der Waals surface area contributed by atoms with E-state index >= 15 is 0 Å². The lowest BCUT2D eigenvalue weighted by atomic mass is 10.1. The first kappa shape index (κ1) is 7.15. The maximum Gasteiger partial charge on any atom is 0.0604 e. The molecule has 0 spiro atoms. The Morgan fingerprint density at radius 1 is 1.23 bits per heavy atom. The highest BCUT2D eigenvalue weighted by molar-refractivity contribution is 7.19. The zero-order valence-corrected chi connectivity index (χ0v) is 7.90. The average Bonchev–Trinajstić information content (AvgIpc) is 2.56. The van der Waals surface area contributed by atoms with Crippen molar-refractivity contribution in [1.82, 2.24) is 0 Å². The summed E-state index contributed by atoms with van der Waals surface area (Å²) in [5.74, 6) is 0. The Labute approximate surface area is 80.7 Å². The van der Waals surface area contributed by atoms with Crippen LogP contribution in [0.25, 0.3) is 10.1 Å². The molecular weight excluding hydrogens is 178 g/mol. The zero-order valence-electron chi connectivity index (χ0n) is 7.08. The van der Waals surface area contributed by atoms with Crippen molar-refractivity contribution in [3.63, 3.8) is 0 Å². The normalized spacial score (nSPS) is 14.2. The molecule has 0 bridgehead atoms. The van der Waals surface area contributed by atoms with Crippen LogP contribution in [-0.2, 0) is 6.42 Å². The largest absolute Gasteiger partial charge is 0.361 e. The summed E-state index contributed by atoms with van der Waals surface area (Å²) in [6, 6.07) is 8.55. The molecule has 64 valence electrons. The molecule has 0 saturated heterocycles. The summed E-state index contributed by atoms with van der Waals surface area (Å²) in [6.07, 6.45) is 5.26. The minimum Gasteiger partial charge on any atom is -0.361 e. The van der Waals surface area contributed by atoms with Crippen molar-refractivity contribution >= 4 is 27.1 Å². The van der Waals surface area contributed by atoms with E-state index in [1.165, 1.54) is 20.7 Å². The Morgan fingerprint density at radius 3 is 3.15 bits per heavy atom. The number of nitrogens with one attached hydrogen (secondary N) is 1. The smallest absolute Gasteiger partial charge is 0.0604 e. The van der Waals surface area contributed by atoms with Gasteiger partial charge in [0.15, 0.2) is 0 Å². The van der Waals surface area contributed by atoms with Gasteiger partial charge in [-0.3, -0.25) is 0 Å². The SMILES string of the molecule is C1=CNc2c(sc3ccccc23)C1. The van der Waals surface area contributed by atoms with Crippen molar-refractivity contribution in [3.8, 4) is 0 Å². The van der Waals surface area contributed by atoms with Gasteiger partial charge in [-0.15, -0.1) is 11.3 Å². The quantitative estimate of drug-likeness (QED) is 0.666. The first-order valence-electron chi connectivity index (χ1n) is 4.37. The van der Waals surface area contributed by atoms with Crippen LogP contribution in [0.5, 0.6) is 0 Å². The molecule has 0 unspecified atom stereocenters. The monoisotopic (exact) mass is 187 g/mol. The number of hydrogen-bond donors (Lipinski definition) is 1. The van der Waals surface area contributed by atoms with Crippen LogP contribution in [-0.4, -0.2) is 0 Å². The highest BCUT2D eigenvalue weighted by atomic mass is 32.1. The molecule has 0 saturated carbocycles. The third-order valence-corrected chi connectivity index (χ3v) is 3.51. The predicted molar refractivity (Wildman–Crippen MR) is 58.3 cm³/mol. The summed E-state index contributed by atoms with van der Waals surface area (Å²) in [5.41, 5.74) is 1.31. The summed E-state index contributed by atoms with van der Waals surface area (Å²) >= 11 is 1.89. The van der Waals surface area contributed by atoms with E-state index in [1.54, 1.807) is 0 Å². The topological polar surface area (TPSA) is 12.0 Å². The van der Waals surface area contributed by atoms with Crippen LogP contribution in [0.3, 0.4) is 0 Å². The molecule has 2 heteroatoms. The number of rotatable bonds is 0. The van der Waals surface area contributed by atoms with Crippen molar-refractivity contribution in [2.75, 3.05) is 5.32 Å². The minimum atomic E-state index is 1.07. The van der Waals surface area contributed by atoms with E-state index in [0.717, 1.165) is 6.42 Å². The molecule has 1 aromatic heterocycles. The van der Waals surface area contributed by atoms with Gasteiger partial charge < -0.3 is 5.32 Å². The number of benzene rings is 1. The van der Waals surface area contributed by atoms with E-state index < -0.39 is 0 Å². The molecule has 1 nitrogen and oxygen atoms in total. The van der Waals surface area contributed by atoms with E-state index in [9.17, 15) is 0 Å². The maximum absolute atomic E-state index is 3.32. The number of fused-ring (bicyclic) bond motifs is 3. The van der Waals surface area contributed by atoms with Crippen molar-refractivity contribution in [3.05, 3.63) is 41.4 Å². The molecule has 1 N–H and O–H groups in total. The van der Waals surface area contributed by atoms with Gasteiger partial charge in [0.05, 0.1) is 5.69 Å². The first-order valence-corrected chi connectivity index (χ1v) is 5.19. The molecule has 0 radical (unpaired) electrons. The van der Waals surface area contributed by atoms with Crippen LogP contribution in [0.4, 0.5) is 5.69 Å². The summed E-state index contributed by atoms with van der Waals surface area (Å²) in [6.45, 7) is 0. The fraction of sp³-hybridized carbons (Fsp3) is 0.0909. The van der Waals surface area contributed by atoms with Gasteiger partial charge in [-0.05, 0) is 12.3 Å². The Bertz CT molecular complexity index is 482. The van der Waals surface area contributed by atoms with Gasteiger partial charge in [0, 0.05) is 21.4 Å². The first-order chi connectivity index (χ1) is 6.45. The molecule has 1 aromatic carbocycles. The third-order valence-electron chi connectivity index (χ3n) is 2.32. The van der Waals surface area contributed by atoms with Gasteiger partial charge >= 0.3 is 0 Å². The van der Waals surface area contributed by atoms with E-state index in [0.29, 0.717) is 0 Å². The van der Waals surface area contributed by atoms with Gasteiger partial charge in [0.25, 0.3) is 0 Å². The summed E-state index contributed by atoms with van der Waals surface area (Å²) < 4.78 is 1.38. The molecule has 13 heavy (non-hydrogen) atoms. The maximum atomic E-state index is 3.32. The summed E-state index contributed by atoms with van der Waals surface area (Å²) in [5, 5.41) is 4.67. The second-order valence-corrected chi connectivity index (χ2v) is 4.28. The molecule has 0 amide bonds. The lowest BCUT2D eigenvalue weighted by Gasteiger charge is -2.06. The van der Waals surface area contributed by atoms with E-state index in [4.69, 9.17) is 0 Å². The summed E-state index contributed by atoms with van der Waals surface area (Å²) in [7, 11) is 0. The van der Waals surface area contributed by atoms with Crippen molar-refractivity contribution in [2.24, 2.45) is 0 Å². The second kappa shape index (κ2) is 2.60. The second-order valence-electron chi connectivity index (χ2n) is 3.15. The van der Waals surface area contributed by atoms with Crippen LogP contribution < -0.4 is 5.32 Å². The van der Waals surface area contributed by atoms with Crippen molar-refractivity contribution in [2.45, 2.75) is 6.42 Å².